The van der Waals surface area contributed by atoms with Crippen LogP contribution in [0.4, 0.5) is 14.5 Å². The molecule has 0 aliphatic heterocycles. The lowest BCUT2D eigenvalue weighted by molar-refractivity contribution is -0.115. The van der Waals surface area contributed by atoms with Gasteiger partial charge >= 0.3 is 6.61 Å². The monoisotopic (exact) mass is 418 g/mol. The summed E-state index contributed by atoms with van der Waals surface area (Å²) in [5.41, 5.74) is 2.22. The van der Waals surface area contributed by atoms with Gasteiger partial charge in [0.1, 0.15) is 5.75 Å². The van der Waals surface area contributed by atoms with Gasteiger partial charge in [-0.25, -0.2) is 0 Å². The van der Waals surface area contributed by atoms with E-state index in [1.165, 1.54) is 23.9 Å². The number of thioether (sulfide) groups is 1. The molecule has 0 spiro atoms. The maximum Gasteiger partial charge on any atom is 0.387 e. The highest BCUT2D eigenvalue weighted by atomic mass is 32.2. The summed E-state index contributed by atoms with van der Waals surface area (Å²) in [6, 6.07) is 13.9. The normalized spacial score (nSPS) is 12.1. The SMILES string of the molecule is Cc1ccccc1-c1nnc(SC(C)C(=O)Nc2ccccc2OC(F)F)n1C. The van der Waals surface area contributed by atoms with Gasteiger partial charge in [-0.05, 0) is 31.5 Å². The molecular weight excluding hydrogens is 398 g/mol. The van der Waals surface area contributed by atoms with Crippen LogP contribution in [0.1, 0.15) is 12.5 Å². The van der Waals surface area contributed by atoms with E-state index >= 15 is 0 Å². The van der Waals surface area contributed by atoms with Crippen molar-refractivity contribution in [3.63, 3.8) is 0 Å². The van der Waals surface area contributed by atoms with Crippen molar-refractivity contribution >= 4 is 23.4 Å². The second-order valence-corrected chi connectivity index (χ2v) is 7.61. The molecule has 2 aromatic carbocycles. The topological polar surface area (TPSA) is 69.0 Å². The molecule has 9 heteroatoms. The Bertz CT molecular complexity index is 1010. The number of hydrogen-bond acceptors (Lipinski definition) is 5. The average Bonchev–Trinajstić information content (AvgIpc) is 3.03. The molecule has 0 saturated carbocycles. The summed E-state index contributed by atoms with van der Waals surface area (Å²) in [6.07, 6.45) is 0. The Morgan fingerprint density at radius 2 is 1.83 bits per heavy atom. The van der Waals surface area contributed by atoms with E-state index in [1.54, 1.807) is 19.1 Å². The zero-order valence-electron chi connectivity index (χ0n) is 16.1. The summed E-state index contributed by atoms with van der Waals surface area (Å²) in [7, 11) is 1.83. The van der Waals surface area contributed by atoms with E-state index in [2.05, 4.69) is 20.3 Å². The molecule has 0 radical (unpaired) electrons. The minimum atomic E-state index is -2.97. The first kappa shape index (κ1) is 20.8. The van der Waals surface area contributed by atoms with Gasteiger partial charge < -0.3 is 14.6 Å². The fraction of sp³-hybridized carbons (Fsp3) is 0.250. The zero-order chi connectivity index (χ0) is 21.0. The molecule has 0 aliphatic rings. The first-order valence-corrected chi connectivity index (χ1v) is 9.71. The van der Waals surface area contributed by atoms with Crippen molar-refractivity contribution in [2.75, 3.05) is 5.32 Å². The van der Waals surface area contributed by atoms with Crippen molar-refractivity contribution in [1.82, 2.24) is 14.8 Å². The van der Waals surface area contributed by atoms with Crippen LogP contribution in [-0.2, 0) is 11.8 Å². The largest absolute Gasteiger partial charge is 0.433 e. The number of carbonyl (C=O) groups excluding carboxylic acids is 1. The number of anilines is 1. The molecule has 6 nitrogen and oxygen atoms in total. The Balaban J connectivity index is 1.72. The van der Waals surface area contributed by atoms with E-state index in [1.807, 2.05) is 42.8 Å². The van der Waals surface area contributed by atoms with Crippen LogP contribution < -0.4 is 10.1 Å². The van der Waals surface area contributed by atoms with Crippen LogP contribution >= 0.6 is 11.8 Å². The number of benzene rings is 2. The summed E-state index contributed by atoms with van der Waals surface area (Å²) in [6.45, 7) is 0.725. The Hall–Kier alpha value is -2.94. The number of nitrogens with zero attached hydrogens (tertiary/aromatic N) is 3. The smallest absolute Gasteiger partial charge is 0.387 e. The Labute approximate surface area is 171 Å². The molecule has 0 aliphatic carbocycles. The van der Waals surface area contributed by atoms with E-state index in [0.29, 0.717) is 11.0 Å². The summed E-state index contributed by atoms with van der Waals surface area (Å²) in [5.74, 6) is 0.253. The molecule has 1 unspecified atom stereocenters. The molecule has 3 rings (SSSR count). The number of aromatic nitrogens is 3. The highest BCUT2D eigenvalue weighted by molar-refractivity contribution is 8.00. The highest BCUT2D eigenvalue weighted by Crippen LogP contribution is 2.29. The van der Waals surface area contributed by atoms with Gasteiger partial charge in [0.25, 0.3) is 0 Å². The number of carbonyl (C=O) groups is 1. The van der Waals surface area contributed by atoms with E-state index in [9.17, 15) is 13.6 Å². The summed E-state index contributed by atoms with van der Waals surface area (Å²) < 4.78 is 31.4. The third-order valence-electron chi connectivity index (χ3n) is 4.23. The summed E-state index contributed by atoms with van der Waals surface area (Å²) >= 11 is 1.23. The molecular formula is C20H20F2N4O2S. The van der Waals surface area contributed by atoms with Crippen molar-refractivity contribution < 1.29 is 18.3 Å². The summed E-state index contributed by atoms with van der Waals surface area (Å²) in [5, 5.41) is 11.1. The molecule has 1 heterocycles. The number of rotatable bonds is 7. The van der Waals surface area contributed by atoms with Gasteiger partial charge in [0, 0.05) is 12.6 Å². The van der Waals surface area contributed by atoms with Crippen LogP contribution in [0.2, 0.25) is 0 Å². The first-order valence-electron chi connectivity index (χ1n) is 8.83. The molecule has 1 amide bonds. The van der Waals surface area contributed by atoms with E-state index in [0.717, 1.165) is 11.1 Å². The van der Waals surface area contributed by atoms with Gasteiger partial charge in [-0.1, -0.05) is 48.2 Å². The van der Waals surface area contributed by atoms with E-state index < -0.39 is 11.9 Å². The summed E-state index contributed by atoms with van der Waals surface area (Å²) in [4.78, 5) is 12.6. The van der Waals surface area contributed by atoms with Crippen molar-refractivity contribution in [2.45, 2.75) is 30.9 Å². The predicted octanol–water partition coefficient (Wildman–Crippen LogP) is 4.51. The second kappa shape index (κ2) is 9.04. The molecule has 0 fully saturated rings. The van der Waals surface area contributed by atoms with Crippen LogP contribution in [0.3, 0.4) is 0 Å². The Morgan fingerprint density at radius 3 is 2.55 bits per heavy atom. The second-order valence-electron chi connectivity index (χ2n) is 6.30. The number of ether oxygens (including phenoxy) is 1. The van der Waals surface area contributed by atoms with E-state index in [-0.39, 0.29) is 17.3 Å². The lowest BCUT2D eigenvalue weighted by atomic mass is 10.1. The van der Waals surface area contributed by atoms with Gasteiger partial charge in [-0.15, -0.1) is 10.2 Å². The number of hydrogen-bond donors (Lipinski definition) is 1. The fourth-order valence-electron chi connectivity index (χ4n) is 2.69. The van der Waals surface area contributed by atoms with Gasteiger partial charge in [-0.2, -0.15) is 8.78 Å². The standard InChI is InChI=1S/C20H20F2N4O2S/c1-12-8-4-5-9-14(12)17-24-25-20(26(17)3)29-13(2)18(27)23-15-10-6-7-11-16(15)28-19(21)22/h4-11,13,19H,1-3H3,(H,23,27). The lowest BCUT2D eigenvalue weighted by Gasteiger charge is -2.14. The highest BCUT2D eigenvalue weighted by Gasteiger charge is 2.21. The average molecular weight is 418 g/mol. The van der Waals surface area contributed by atoms with Gasteiger partial charge in [-0.3, -0.25) is 4.79 Å². The molecule has 1 atom stereocenters. The number of nitrogens with one attached hydrogen (secondary N) is 1. The molecule has 152 valence electrons. The van der Waals surface area contributed by atoms with Gasteiger partial charge in [0.15, 0.2) is 11.0 Å². The molecule has 3 aromatic rings. The van der Waals surface area contributed by atoms with Crippen LogP contribution in [0.25, 0.3) is 11.4 Å². The maximum absolute atomic E-state index is 12.6. The number of alkyl halides is 2. The predicted molar refractivity (Wildman–Crippen MR) is 108 cm³/mol. The molecule has 0 bridgehead atoms. The molecule has 29 heavy (non-hydrogen) atoms. The maximum atomic E-state index is 12.6. The molecule has 1 aromatic heterocycles. The van der Waals surface area contributed by atoms with Crippen LogP contribution in [0.5, 0.6) is 5.75 Å². The molecule has 0 saturated heterocycles. The number of halogens is 2. The fourth-order valence-corrected chi connectivity index (χ4v) is 3.51. The van der Waals surface area contributed by atoms with E-state index in [4.69, 9.17) is 0 Å². The minimum Gasteiger partial charge on any atom is -0.433 e. The third-order valence-corrected chi connectivity index (χ3v) is 5.37. The van der Waals surface area contributed by atoms with Gasteiger partial charge in [0.05, 0.1) is 10.9 Å². The van der Waals surface area contributed by atoms with Crippen molar-refractivity contribution in [3.05, 3.63) is 54.1 Å². The number of aryl methyl sites for hydroxylation is 1. The van der Waals surface area contributed by atoms with Crippen LogP contribution in [-0.4, -0.2) is 32.5 Å². The first-order chi connectivity index (χ1) is 13.9. The lowest BCUT2D eigenvalue weighted by Crippen LogP contribution is -2.23. The van der Waals surface area contributed by atoms with Crippen LogP contribution in [0.15, 0.2) is 53.7 Å². The number of para-hydroxylation sites is 2. The van der Waals surface area contributed by atoms with Gasteiger partial charge in [0.2, 0.25) is 5.91 Å². The van der Waals surface area contributed by atoms with Crippen molar-refractivity contribution in [2.24, 2.45) is 7.05 Å². The quantitative estimate of drug-likeness (QED) is 0.572. The van der Waals surface area contributed by atoms with Crippen molar-refractivity contribution in [3.8, 4) is 17.1 Å². The Morgan fingerprint density at radius 1 is 1.14 bits per heavy atom. The number of amides is 1. The minimum absolute atomic E-state index is 0.0893. The van der Waals surface area contributed by atoms with Crippen molar-refractivity contribution in [1.29, 1.82) is 0 Å². The van der Waals surface area contributed by atoms with Crippen LogP contribution in [0, 0.1) is 6.92 Å². The molecule has 1 N–H and O–H groups in total. The third kappa shape index (κ3) is 4.92. The Kier molecular flexibility index (Phi) is 6.48. The zero-order valence-corrected chi connectivity index (χ0v) is 16.9.